The first-order valence-electron chi connectivity index (χ1n) is 5.40. The van der Waals surface area contributed by atoms with Gasteiger partial charge in [-0.1, -0.05) is 19.3 Å². The second kappa shape index (κ2) is 13.7. The quantitative estimate of drug-likeness (QED) is 0.409. The average Bonchev–Trinajstić information content (AvgIpc) is 2.14. The first kappa shape index (κ1) is 26.0. The first-order chi connectivity index (χ1) is 8.20. The van der Waals surface area contributed by atoms with E-state index in [1.54, 1.807) is 0 Å². The van der Waals surface area contributed by atoms with Crippen LogP contribution in [0.3, 0.4) is 0 Å². The Kier molecular flexibility index (Phi) is 17.8. The number of halogens is 2. The van der Waals surface area contributed by atoms with E-state index in [4.69, 9.17) is 0 Å². The van der Waals surface area contributed by atoms with Gasteiger partial charge in [-0.2, -0.15) is 0 Å². The van der Waals surface area contributed by atoms with Gasteiger partial charge in [-0.05, 0) is 12.8 Å². The van der Waals surface area contributed by atoms with Crippen LogP contribution in [0.1, 0.15) is 32.1 Å². The fraction of sp³-hybridized carbons (Fsp3) is 0.889. The Bertz CT molecular complexity index is 350. The van der Waals surface area contributed by atoms with E-state index in [0.29, 0.717) is 0 Å². The molecule has 1 fully saturated rings. The van der Waals surface area contributed by atoms with Crippen molar-refractivity contribution in [3.63, 3.8) is 0 Å². The van der Waals surface area contributed by atoms with Crippen molar-refractivity contribution in [2.45, 2.75) is 44.6 Å². The number of carbonyl (C=O) groups is 1. The standard InChI is InChI=1S/C7H13NO2.C2H4F2O3S.2Na/c9-7(10)8-6-4-2-1-3-5-6;3-2(4)1-8(5,6)7;;/h6,8H,1-5H2,(H,9,10);2H,1H2,(H,5,6,7);;/q;;2*+1/p-2. The zero-order valence-corrected chi connectivity index (χ0v) is 16.4. The average molecular weight is 333 g/mol. The van der Waals surface area contributed by atoms with Crippen molar-refractivity contribution >= 4 is 16.2 Å². The normalized spacial score (nSPS) is 15.2. The van der Waals surface area contributed by atoms with Gasteiger partial charge >= 0.3 is 59.1 Å². The Morgan fingerprint density at radius 2 is 1.65 bits per heavy atom. The van der Waals surface area contributed by atoms with Crippen LogP contribution >= 0.6 is 0 Å². The third-order valence-electron chi connectivity index (χ3n) is 2.26. The molecule has 0 aromatic carbocycles. The molecule has 1 aliphatic rings. The summed E-state index contributed by atoms with van der Waals surface area (Å²) in [5.74, 6) is -1.59. The maximum Gasteiger partial charge on any atom is 1.00 e. The van der Waals surface area contributed by atoms with Crippen LogP contribution in [0.4, 0.5) is 13.6 Å². The molecule has 0 radical (unpaired) electrons. The van der Waals surface area contributed by atoms with E-state index in [1.165, 1.54) is 6.42 Å². The molecule has 0 aromatic rings. The number of carbonyl (C=O) groups excluding carboxylic acids is 1. The number of alkyl halides is 2. The number of hydrogen-bond donors (Lipinski definition) is 1. The van der Waals surface area contributed by atoms with E-state index >= 15 is 0 Å². The summed E-state index contributed by atoms with van der Waals surface area (Å²) in [5.41, 5.74) is 0. The summed E-state index contributed by atoms with van der Waals surface area (Å²) in [6, 6.07) is 0.166. The third kappa shape index (κ3) is 19.0. The Hall–Kier alpha value is 1.04. The topological polar surface area (TPSA) is 109 Å². The molecule has 0 aliphatic heterocycles. The maximum atomic E-state index is 11.0. The summed E-state index contributed by atoms with van der Waals surface area (Å²) in [7, 11) is -4.72. The van der Waals surface area contributed by atoms with E-state index < -0.39 is 28.4 Å². The van der Waals surface area contributed by atoms with Crippen LogP contribution in [0.5, 0.6) is 0 Å². The second-order valence-corrected chi connectivity index (χ2v) is 5.33. The molecule has 1 amide bonds. The van der Waals surface area contributed by atoms with Crippen LogP contribution in [-0.4, -0.2) is 37.3 Å². The SMILES string of the molecule is O=C([O-])NC1CCCCC1.O=S(=O)([O-])CC(F)F.[Na+].[Na+]. The van der Waals surface area contributed by atoms with Crippen LogP contribution in [0.25, 0.3) is 0 Å². The van der Waals surface area contributed by atoms with E-state index in [9.17, 15) is 31.7 Å². The number of hydrogen-bond acceptors (Lipinski definition) is 5. The van der Waals surface area contributed by atoms with Gasteiger partial charge in [0.2, 0.25) is 0 Å². The van der Waals surface area contributed by atoms with Crippen molar-refractivity contribution in [3.05, 3.63) is 0 Å². The molecule has 0 aromatic heterocycles. The summed E-state index contributed by atoms with van der Waals surface area (Å²) in [4.78, 5) is 10.0. The molecule has 0 atom stereocenters. The molecule has 20 heavy (non-hydrogen) atoms. The van der Waals surface area contributed by atoms with Gasteiger partial charge in [0, 0.05) is 6.04 Å². The van der Waals surface area contributed by atoms with Crippen molar-refractivity contribution in [1.82, 2.24) is 5.32 Å². The van der Waals surface area contributed by atoms with Crippen LogP contribution in [0.15, 0.2) is 0 Å². The molecule has 11 heteroatoms. The number of nitrogens with one attached hydrogen (secondary N) is 1. The molecule has 1 rings (SSSR count). The van der Waals surface area contributed by atoms with E-state index in [2.05, 4.69) is 5.32 Å². The minimum absolute atomic E-state index is 0. The minimum atomic E-state index is -4.72. The zero-order chi connectivity index (χ0) is 14.2. The molecule has 1 N–H and O–H groups in total. The largest absolute Gasteiger partial charge is 1.00 e. The Labute approximate surface area is 161 Å². The van der Waals surface area contributed by atoms with Gasteiger partial charge in [0.05, 0.1) is 5.75 Å². The molecule has 0 saturated heterocycles. The monoisotopic (exact) mass is 333 g/mol. The predicted octanol–water partition coefficient (Wildman–Crippen LogP) is -5.94. The molecule has 0 bridgehead atoms. The fourth-order valence-corrected chi connectivity index (χ4v) is 1.88. The van der Waals surface area contributed by atoms with E-state index in [1.807, 2.05) is 0 Å². The third-order valence-corrected chi connectivity index (χ3v) is 2.92. The summed E-state index contributed by atoms with van der Waals surface area (Å²) in [6.45, 7) is 0. The molecule has 1 aliphatic carbocycles. The first-order valence-corrected chi connectivity index (χ1v) is 6.97. The zero-order valence-electron chi connectivity index (χ0n) is 11.6. The number of rotatable bonds is 3. The fourth-order valence-electron chi connectivity index (χ4n) is 1.57. The minimum Gasteiger partial charge on any atom is -0.748 e. The molecule has 0 spiro atoms. The van der Waals surface area contributed by atoms with Gasteiger partial charge in [-0.15, -0.1) is 0 Å². The Morgan fingerprint density at radius 3 is 1.90 bits per heavy atom. The number of carboxylic acid groups (broad SMARTS) is 1. The van der Waals surface area contributed by atoms with E-state index in [0.717, 1.165) is 25.7 Å². The maximum absolute atomic E-state index is 11.0. The molecule has 108 valence electrons. The molecule has 1 saturated carbocycles. The molecule has 0 unspecified atom stereocenters. The van der Waals surface area contributed by atoms with Crippen molar-refractivity contribution in [2.75, 3.05) is 5.75 Å². The molecule has 0 heterocycles. The molecule has 6 nitrogen and oxygen atoms in total. The van der Waals surface area contributed by atoms with Gasteiger partial charge in [-0.25, -0.2) is 17.2 Å². The van der Waals surface area contributed by atoms with Gasteiger partial charge in [0.15, 0.2) is 0 Å². The summed E-state index contributed by atoms with van der Waals surface area (Å²) >= 11 is 0. The van der Waals surface area contributed by atoms with Crippen LogP contribution < -0.4 is 69.5 Å². The van der Waals surface area contributed by atoms with Crippen LogP contribution in [0.2, 0.25) is 0 Å². The summed E-state index contributed by atoms with van der Waals surface area (Å²) in [6.07, 6.45) is 1.30. The van der Waals surface area contributed by atoms with Crippen LogP contribution in [-0.2, 0) is 10.1 Å². The number of amides is 1. The van der Waals surface area contributed by atoms with Crippen molar-refractivity contribution in [2.24, 2.45) is 0 Å². The Morgan fingerprint density at radius 1 is 1.20 bits per heavy atom. The second-order valence-electron chi connectivity index (χ2n) is 3.88. The van der Waals surface area contributed by atoms with Gasteiger partial charge in [0.1, 0.15) is 16.2 Å². The van der Waals surface area contributed by atoms with Gasteiger partial charge < -0.3 is 19.8 Å². The summed E-state index contributed by atoms with van der Waals surface area (Å²) < 4.78 is 50.1. The van der Waals surface area contributed by atoms with Crippen molar-refractivity contribution < 1.29 is 90.8 Å². The smallest absolute Gasteiger partial charge is 0.748 e. The van der Waals surface area contributed by atoms with Crippen LogP contribution in [0, 0.1) is 0 Å². The van der Waals surface area contributed by atoms with Crippen molar-refractivity contribution in [3.8, 4) is 0 Å². The Balaban J connectivity index is -0.000000269. The van der Waals surface area contributed by atoms with Crippen molar-refractivity contribution in [1.29, 1.82) is 0 Å². The van der Waals surface area contributed by atoms with Gasteiger partial charge in [-0.3, -0.25) is 0 Å². The summed E-state index contributed by atoms with van der Waals surface area (Å²) in [5, 5.41) is 12.4. The predicted molar refractivity (Wildman–Crippen MR) is 56.0 cm³/mol. The van der Waals surface area contributed by atoms with Gasteiger partial charge in [0.25, 0.3) is 6.43 Å². The molecular weight excluding hydrogens is 318 g/mol. The molecular formula is C9H15F2NNa2O5S. The van der Waals surface area contributed by atoms with E-state index in [-0.39, 0.29) is 65.2 Å².